The van der Waals surface area contributed by atoms with Crippen LogP contribution in [0, 0.1) is 11.8 Å². The SMILES string of the molecule is COC(=O)C(C)(C)N1CCC(C(O)C(C)C)CC1. The molecule has 0 radical (unpaired) electrons. The number of likely N-dealkylation sites (tertiary alicyclic amines) is 1. The van der Waals surface area contributed by atoms with Crippen LogP contribution >= 0.6 is 0 Å². The maximum Gasteiger partial charge on any atom is 0.325 e. The lowest BCUT2D eigenvalue weighted by molar-refractivity contribution is -0.154. The van der Waals surface area contributed by atoms with Gasteiger partial charge in [-0.1, -0.05) is 13.8 Å². The number of carbonyl (C=O) groups is 1. The lowest BCUT2D eigenvalue weighted by Crippen LogP contribution is -2.54. The van der Waals surface area contributed by atoms with E-state index >= 15 is 0 Å². The van der Waals surface area contributed by atoms with Crippen LogP contribution in [0.25, 0.3) is 0 Å². The predicted molar refractivity (Wildman–Crippen MR) is 71.2 cm³/mol. The van der Waals surface area contributed by atoms with Crippen LogP contribution in [0.1, 0.15) is 40.5 Å². The number of methoxy groups -OCH3 is 1. The molecule has 4 heteroatoms. The molecule has 0 spiro atoms. The van der Waals surface area contributed by atoms with Gasteiger partial charge in [-0.2, -0.15) is 0 Å². The van der Waals surface area contributed by atoms with E-state index in [-0.39, 0.29) is 12.1 Å². The summed E-state index contributed by atoms with van der Waals surface area (Å²) in [6, 6.07) is 0. The number of carbonyl (C=O) groups excluding carboxylic acids is 1. The number of aliphatic hydroxyl groups excluding tert-OH is 1. The number of ether oxygens (including phenoxy) is 1. The summed E-state index contributed by atoms with van der Waals surface area (Å²) in [7, 11) is 1.43. The van der Waals surface area contributed by atoms with E-state index in [0.717, 1.165) is 25.9 Å². The fourth-order valence-electron chi connectivity index (χ4n) is 2.72. The third-order valence-electron chi connectivity index (χ3n) is 4.18. The lowest BCUT2D eigenvalue weighted by atomic mass is 9.84. The molecule has 1 saturated heterocycles. The molecule has 1 fully saturated rings. The summed E-state index contributed by atoms with van der Waals surface area (Å²) >= 11 is 0. The summed E-state index contributed by atoms with van der Waals surface area (Å²) in [5, 5.41) is 10.1. The molecule has 4 nitrogen and oxygen atoms in total. The van der Waals surface area contributed by atoms with Crippen LogP contribution < -0.4 is 0 Å². The molecule has 1 aliphatic rings. The van der Waals surface area contributed by atoms with E-state index in [9.17, 15) is 9.90 Å². The van der Waals surface area contributed by atoms with Crippen LogP contribution in [-0.4, -0.2) is 47.8 Å². The van der Waals surface area contributed by atoms with Crippen molar-refractivity contribution < 1.29 is 14.6 Å². The fourth-order valence-corrected chi connectivity index (χ4v) is 2.72. The Balaban J connectivity index is 2.56. The van der Waals surface area contributed by atoms with E-state index in [0.29, 0.717) is 11.8 Å². The van der Waals surface area contributed by atoms with Crippen molar-refractivity contribution in [2.75, 3.05) is 20.2 Å². The highest BCUT2D eigenvalue weighted by Gasteiger charge is 2.38. The van der Waals surface area contributed by atoms with Gasteiger partial charge in [0.2, 0.25) is 0 Å². The number of rotatable bonds is 4. The minimum Gasteiger partial charge on any atom is -0.468 e. The van der Waals surface area contributed by atoms with E-state index in [1.54, 1.807) is 0 Å². The Bertz CT molecular complexity index is 281. The van der Waals surface area contributed by atoms with Gasteiger partial charge in [0.15, 0.2) is 0 Å². The number of hydrogen-bond donors (Lipinski definition) is 1. The van der Waals surface area contributed by atoms with Crippen molar-refractivity contribution in [3.05, 3.63) is 0 Å². The Morgan fingerprint density at radius 2 is 1.83 bits per heavy atom. The highest BCUT2D eigenvalue weighted by atomic mass is 16.5. The van der Waals surface area contributed by atoms with Gasteiger partial charge in [0.25, 0.3) is 0 Å². The number of hydrogen-bond acceptors (Lipinski definition) is 4. The van der Waals surface area contributed by atoms with Crippen molar-refractivity contribution in [2.24, 2.45) is 11.8 Å². The second kappa shape index (κ2) is 6.02. The molecular weight excluding hydrogens is 230 g/mol. The van der Waals surface area contributed by atoms with Crippen LogP contribution in [0.4, 0.5) is 0 Å². The first kappa shape index (κ1) is 15.4. The Morgan fingerprint density at radius 3 is 2.22 bits per heavy atom. The van der Waals surface area contributed by atoms with Gasteiger partial charge < -0.3 is 9.84 Å². The Labute approximate surface area is 110 Å². The molecule has 1 rings (SSSR count). The number of aliphatic hydroxyl groups is 1. The minimum absolute atomic E-state index is 0.189. The normalized spacial score (nSPS) is 21.1. The summed E-state index contributed by atoms with van der Waals surface area (Å²) in [4.78, 5) is 13.9. The van der Waals surface area contributed by atoms with Gasteiger partial charge in [-0.15, -0.1) is 0 Å². The summed E-state index contributed by atoms with van der Waals surface area (Å²) in [6.45, 7) is 9.59. The molecule has 18 heavy (non-hydrogen) atoms. The molecule has 1 heterocycles. The first-order valence-electron chi connectivity index (χ1n) is 6.82. The van der Waals surface area contributed by atoms with Crippen molar-refractivity contribution in [1.29, 1.82) is 0 Å². The third kappa shape index (κ3) is 3.23. The zero-order valence-corrected chi connectivity index (χ0v) is 12.3. The summed E-state index contributed by atoms with van der Waals surface area (Å²) in [5.74, 6) is 0.468. The Morgan fingerprint density at radius 1 is 1.33 bits per heavy atom. The van der Waals surface area contributed by atoms with Crippen LogP contribution in [0.3, 0.4) is 0 Å². The van der Waals surface area contributed by atoms with Gasteiger partial charge in [0, 0.05) is 0 Å². The van der Waals surface area contributed by atoms with Crippen molar-refractivity contribution >= 4 is 5.97 Å². The third-order valence-corrected chi connectivity index (χ3v) is 4.18. The molecular formula is C14H27NO3. The van der Waals surface area contributed by atoms with Gasteiger partial charge in [-0.05, 0) is 51.6 Å². The van der Waals surface area contributed by atoms with Crippen LogP contribution in [0.2, 0.25) is 0 Å². The van der Waals surface area contributed by atoms with Crippen molar-refractivity contribution in [3.8, 4) is 0 Å². The van der Waals surface area contributed by atoms with Gasteiger partial charge in [0.05, 0.1) is 13.2 Å². The van der Waals surface area contributed by atoms with E-state index < -0.39 is 5.54 Å². The molecule has 0 bridgehead atoms. The Kier molecular flexibility index (Phi) is 5.17. The van der Waals surface area contributed by atoms with Gasteiger partial charge in [0.1, 0.15) is 5.54 Å². The molecule has 106 valence electrons. The number of esters is 1. The van der Waals surface area contributed by atoms with Gasteiger partial charge in [-0.25, -0.2) is 0 Å². The van der Waals surface area contributed by atoms with Crippen molar-refractivity contribution in [2.45, 2.75) is 52.2 Å². The highest BCUT2D eigenvalue weighted by Crippen LogP contribution is 2.29. The predicted octanol–water partition coefficient (Wildman–Crippen LogP) is 1.67. The van der Waals surface area contributed by atoms with Crippen molar-refractivity contribution in [1.82, 2.24) is 4.90 Å². The second-order valence-corrected chi connectivity index (χ2v) is 6.11. The molecule has 0 aliphatic carbocycles. The minimum atomic E-state index is -0.567. The highest BCUT2D eigenvalue weighted by molar-refractivity contribution is 5.79. The number of nitrogens with zero attached hydrogens (tertiary/aromatic N) is 1. The molecule has 0 saturated carbocycles. The van der Waals surface area contributed by atoms with E-state index in [1.807, 2.05) is 13.8 Å². The maximum atomic E-state index is 11.7. The lowest BCUT2D eigenvalue weighted by Gasteiger charge is -2.42. The van der Waals surface area contributed by atoms with Gasteiger partial charge in [-0.3, -0.25) is 9.69 Å². The fraction of sp³-hybridized carbons (Fsp3) is 0.929. The molecule has 1 unspecified atom stereocenters. The molecule has 0 aromatic rings. The van der Waals surface area contributed by atoms with E-state index in [2.05, 4.69) is 18.7 Å². The van der Waals surface area contributed by atoms with Crippen LogP contribution in [0.15, 0.2) is 0 Å². The molecule has 1 atom stereocenters. The van der Waals surface area contributed by atoms with E-state index in [4.69, 9.17) is 4.74 Å². The van der Waals surface area contributed by atoms with Gasteiger partial charge >= 0.3 is 5.97 Å². The Hall–Kier alpha value is -0.610. The average molecular weight is 257 g/mol. The van der Waals surface area contributed by atoms with Crippen molar-refractivity contribution in [3.63, 3.8) is 0 Å². The first-order chi connectivity index (χ1) is 8.30. The maximum absolute atomic E-state index is 11.7. The molecule has 0 amide bonds. The summed E-state index contributed by atoms with van der Waals surface area (Å²) in [6.07, 6.45) is 1.66. The zero-order chi connectivity index (χ0) is 13.9. The zero-order valence-electron chi connectivity index (χ0n) is 12.3. The second-order valence-electron chi connectivity index (χ2n) is 6.11. The molecule has 1 N–H and O–H groups in total. The topological polar surface area (TPSA) is 49.8 Å². The molecule has 0 aromatic carbocycles. The first-order valence-corrected chi connectivity index (χ1v) is 6.82. The van der Waals surface area contributed by atoms with Crippen LogP contribution in [0.5, 0.6) is 0 Å². The monoisotopic (exact) mass is 257 g/mol. The smallest absolute Gasteiger partial charge is 0.325 e. The van der Waals surface area contributed by atoms with Crippen LogP contribution in [-0.2, 0) is 9.53 Å². The molecule has 0 aromatic heterocycles. The largest absolute Gasteiger partial charge is 0.468 e. The van der Waals surface area contributed by atoms with E-state index in [1.165, 1.54) is 7.11 Å². The average Bonchev–Trinajstić information content (AvgIpc) is 2.36. The quantitative estimate of drug-likeness (QED) is 0.778. The standard InChI is InChI=1S/C14H27NO3/c1-10(2)12(16)11-6-8-15(9-7-11)14(3,4)13(17)18-5/h10-12,16H,6-9H2,1-5H3. The number of piperidine rings is 1. The summed E-state index contributed by atoms with van der Waals surface area (Å²) < 4.78 is 4.85. The molecule has 1 aliphatic heterocycles. The summed E-state index contributed by atoms with van der Waals surface area (Å²) in [5.41, 5.74) is -0.567.